The smallest absolute Gasteiger partial charge is 0.0427 e. The van der Waals surface area contributed by atoms with E-state index in [-0.39, 0.29) is 24.8 Å². The van der Waals surface area contributed by atoms with Gasteiger partial charge >= 0.3 is 0 Å². The summed E-state index contributed by atoms with van der Waals surface area (Å²) in [5.74, 6) is 0. The Balaban J connectivity index is 0. The zero-order chi connectivity index (χ0) is 4.95. The molecule has 0 aromatic heterocycles. The van der Waals surface area contributed by atoms with Crippen molar-refractivity contribution in [1.82, 2.24) is 5.32 Å². The molecule has 0 aliphatic carbocycles. The van der Waals surface area contributed by atoms with Gasteiger partial charge in [0.1, 0.15) is 0 Å². The molecule has 1 heterocycles. The molecule has 0 radical (unpaired) electrons. The van der Waals surface area contributed by atoms with Crippen LogP contribution in [0.25, 0.3) is 0 Å². The highest BCUT2D eigenvalue weighted by molar-refractivity contribution is 5.85. The first-order valence-electron chi connectivity index (χ1n) is 2.09. The largest absolute Gasteiger partial charge is 0.366 e. The van der Waals surface area contributed by atoms with E-state index in [4.69, 9.17) is 0 Å². The highest BCUT2D eigenvalue weighted by Gasteiger charge is 1.68. The predicted molar refractivity (Wildman–Crippen MR) is 44.4 cm³/mol. The van der Waals surface area contributed by atoms with Gasteiger partial charge in [0.2, 0.25) is 0 Å². The molecule has 0 aromatic rings. The number of allylic oxidation sites excluding steroid dienone is 1. The second-order valence-electron chi connectivity index (χ2n) is 1.14. The van der Waals surface area contributed by atoms with Crippen molar-refractivity contribution in [1.29, 1.82) is 0 Å². The van der Waals surface area contributed by atoms with Crippen LogP contribution in [0.1, 0.15) is 0 Å². The first-order chi connectivity index (χ1) is 3.50. The molecule has 1 aliphatic heterocycles. The molecular formula is C5H8Cl2N2. The Morgan fingerprint density at radius 2 is 1.89 bits per heavy atom. The second-order valence-corrected chi connectivity index (χ2v) is 1.14. The fourth-order valence-electron chi connectivity index (χ4n) is 0.340. The van der Waals surface area contributed by atoms with E-state index in [1.807, 2.05) is 12.3 Å². The lowest BCUT2D eigenvalue weighted by atomic mass is 10.7. The molecule has 0 aromatic carbocycles. The highest BCUT2D eigenvalue weighted by Crippen LogP contribution is 1.75. The summed E-state index contributed by atoms with van der Waals surface area (Å²) >= 11 is 0. The minimum absolute atomic E-state index is 0. The summed E-state index contributed by atoms with van der Waals surface area (Å²) < 4.78 is 0. The minimum Gasteiger partial charge on any atom is -0.366 e. The molecule has 4 heteroatoms. The average Bonchev–Trinajstić information content (AvgIpc) is 1.90. The number of hydrogen-bond donors (Lipinski definition) is 1. The molecule has 1 N–H and O–H groups in total. The summed E-state index contributed by atoms with van der Waals surface area (Å²) in [5, 5.41) is 2.86. The quantitative estimate of drug-likeness (QED) is 0.580. The van der Waals surface area contributed by atoms with Gasteiger partial charge in [0.15, 0.2) is 0 Å². The predicted octanol–water partition coefficient (Wildman–Crippen LogP) is 1.49. The molecule has 0 fully saturated rings. The van der Waals surface area contributed by atoms with Crippen LogP contribution in [0.5, 0.6) is 0 Å². The molecule has 1 rings (SSSR count). The zero-order valence-electron chi connectivity index (χ0n) is 4.65. The molecule has 0 spiro atoms. The second kappa shape index (κ2) is 7.53. The van der Waals surface area contributed by atoms with Gasteiger partial charge < -0.3 is 5.32 Å². The lowest BCUT2D eigenvalue weighted by Gasteiger charge is -1.78. The van der Waals surface area contributed by atoms with E-state index in [1.165, 1.54) is 0 Å². The van der Waals surface area contributed by atoms with Gasteiger partial charge in [0.05, 0.1) is 0 Å². The normalized spacial score (nSPS) is 12.4. The lowest BCUT2D eigenvalue weighted by molar-refractivity contribution is 1.19. The molecule has 2 nitrogen and oxygen atoms in total. The van der Waals surface area contributed by atoms with Crippen LogP contribution in [0.3, 0.4) is 0 Å². The minimum atomic E-state index is 0. The van der Waals surface area contributed by atoms with Crippen molar-refractivity contribution in [3.63, 3.8) is 0 Å². The Labute approximate surface area is 66.6 Å². The lowest BCUT2D eigenvalue weighted by Crippen LogP contribution is -1.87. The summed E-state index contributed by atoms with van der Waals surface area (Å²) in [6, 6.07) is 0. The van der Waals surface area contributed by atoms with Crippen molar-refractivity contribution in [2.24, 2.45) is 4.99 Å². The molecule has 52 valence electrons. The third kappa shape index (κ3) is 5.40. The third-order valence-electron chi connectivity index (χ3n) is 0.621. The van der Waals surface area contributed by atoms with Crippen LogP contribution >= 0.6 is 24.8 Å². The topological polar surface area (TPSA) is 24.4 Å². The fraction of sp³-hybridized carbons (Fsp3) is 0. The molecule has 0 saturated carbocycles. The maximum Gasteiger partial charge on any atom is 0.0427 e. The van der Waals surface area contributed by atoms with Gasteiger partial charge in [-0.2, -0.15) is 0 Å². The van der Waals surface area contributed by atoms with Gasteiger partial charge in [-0.15, -0.1) is 24.8 Å². The Hall–Kier alpha value is -0.470. The van der Waals surface area contributed by atoms with Crippen LogP contribution in [0.15, 0.2) is 29.7 Å². The molecule has 9 heavy (non-hydrogen) atoms. The summed E-state index contributed by atoms with van der Waals surface area (Å²) in [7, 11) is 0. The molecule has 0 amide bonds. The third-order valence-corrected chi connectivity index (χ3v) is 0.621. The summed E-state index contributed by atoms with van der Waals surface area (Å²) in [5.41, 5.74) is 0. The van der Waals surface area contributed by atoms with Gasteiger partial charge in [0, 0.05) is 24.8 Å². The summed E-state index contributed by atoms with van der Waals surface area (Å²) in [4.78, 5) is 3.82. The van der Waals surface area contributed by atoms with Crippen LogP contribution < -0.4 is 5.32 Å². The van der Waals surface area contributed by atoms with Crippen molar-refractivity contribution < 1.29 is 0 Å². The Bertz CT molecular complexity index is 115. The number of aliphatic imine (C=N–C) groups is 1. The Morgan fingerprint density at radius 3 is 2.67 bits per heavy atom. The van der Waals surface area contributed by atoms with Crippen LogP contribution in [0.4, 0.5) is 0 Å². The zero-order valence-corrected chi connectivity index (χ0v) is 6.28. The van der Waals surface area contributed by atoms with Gasteiger partial charge in [-0.05, 0) is 6.08 Å². The van der Waals surface area contributed by atoms with Crippen LogP contribution in [-0.2, 0) is 0 Å². The van der Waals surface area contributed by atoms with E-state index in [0.717, 1.165) is 0 Å². The molecule has 0 saturated heterocycles. The number of nitrogens with zero attached hydrogens (tertiary/aromatic N) is 1. The molecular weight excluding hydrogens is 159 g/mol. The van der Waals surface area contributed by atoms with Crippen LogP contribution in [-0.4, -0.2) is 6.21 Å². The van der Waals surface area contributed by atoms with E-state index < -0.39 is 0 Å². The highest BCUT2D eigenvalue weighted by atomic mass is 35.5. The Morgan fingerprint density at radius 1 is 1.11 bits per heavy atom. The molecule has 0 bridgehead atoms. The molecule has 0 unspecified atom stereocenters. The summed E-state index contributed by atoms with van der Waals surface area (Å²) in [6.45, 7) is 0. The van der Waals surface area contributed by atoms with E-state index >= 15 is 0 Å². The van der Waals surface area contributed by atoms with Gasteiger partial charge in [-0.3, -0.25) is 4.99 Å². The average molecular weight is 167 g/mol. The van der Waals surface area contributed by atoms with E-state index in [9.17, 15) is 0 Å². The van der Waals surface area contributed by atoms with Gasteiger partial charge in [-0.1, -0.05) is 0 Å². The van der Waals surface area contributed by atoms with E-state index in [2.05, 4.69) is 10.3 Å². The fourth-order valence-corrected chi connectivity index (χ4v) is 0.340. The number of nitrogens with one attached hydrogen (secondary N) is 1. The van der Waals surface area contributed by atoms with Crippen LogP contribution in [0.2, 0.25) is 0 Å². The van der Waals surface area contributed by atoms with Crippen molar-refractivity contribution in [2.75, 3.05) is 0 Å². The first kappa shape index (κ1) is 11.3. The van der Waals surface area contributed by atoms with E-state index in [0.29, 0.717) is 0 Å². The van der Waals surface area contributed by atoms with Crippen molar-refractivity contribution in [3.05, 3.63) is 24.7 Å². The maximum atomic E-state index is 3.82. The Kier molecular flexibility index (Phi) is 9.49. The first-order valence-corrected chi connectivity index (χ1v) is 2.09. The van der Waals surface area contributed by atoms with Gasteiger partial charge in [0.25, 0.3) is 0 Å². The van der Waals surface area contributed by atoms with Crippen molar-refractivity contribution in [3.8, 4) is 0 Å². The van der Waals surface area contributed by atoms with Crippen LogP contribution in [0, 0.1) is 0 Å². The van der Waals surface area contributed by atoms with Crippen molar-refractivity contribution in [2.45, 2.75) is 0 Å². The molecule has 0 atom stereocenters. The molecule has 1 aliphatic rings. The number of halogens is 2. The maximum absolute atomic E-state index is 3.82. The van der Waals surface area contributed by atoms with Crippen molar-refractivity contribution >= 4 is 31.0 Å². The summed E-state index contributed by atoms with van der Waals surface area (Å²) in [6.07, 6.45) is 8.82. The monoisotopic (exact) mass is 166 g/mol. The van der Waals surface area contributed by atoms with E-state index in [1.54, 1.807) is 18.6 Å². The number of hydrogen-bond acceptors (Lipinski definition) is 2. The number of rotatable bonds is 0. The van der Waals surface area contributed by atoms with Gasteiger partial charge in [-0.25, -0.2) is 0 Å². The SMILES string of the molecule is C1=CNC=CN=C1.Cl.Cl. The standard InChI is InChI=1S/C5H6N2.2ClH/c1-2-6-4-5-7-3-1;;/h1-6H;2*1H.